The van der Waals surface area contributed by atoms with E-state index in [1.165, 1.54) is 0 Å². The molecule has 0 aromatic rings. The van der Waals surface area contributed by atoms with Crippen molar-refractivity contribution in [2.75, 3.05) is 0 Å². The topological polar surface area (TPSA) is 89.5 Å². The Hall–Kier alpha value is 1.12. The molecule has 0 fully saturated rings. The Kier molecular flexibility index (Phi) is 7.33. The monoisotopic (exact) mass is 226 g/mol. The Morgan fingerprint density at radius 2 is 1.88 bits per heavy atom. The van der Waals surface area contributed by atoms with E-state index in [2.05, 4.69) is 3.45 Å². The summed E-state index contributed by atoms with van der Waals surface area (Å²) in [7, 11) is -4.94. The molecule has 0 aromatic heterocycles. The summed E-state index contributed by atoms with van der Waals surface area (Å²) in [5.74, 6) is 0. The third-order valence-corrected chi connectivity index (χ3v) is 1.65. The molecule has 0 bridgehead atoms. The minimum Gasteiger partial charge on any atom is 2.00 e. The van der Waals surface area contributed by atoms with E-state index in [1.807, 2.05) is 0 Å². The van der Waals surface area contributed by atoms with Crippen LogP contribution in [0.2, 0.25) is 0 Å². The first-order valence-electron chi connectivity index (χ1n) is 1.10. The van der Waals surface area contributed by atoms with Crippen molar-refractivity contribution in [3.8, 4) is 0 Å². The summed E-state index contributed by atoms with van der Waals surface area (Å²) in [6.07, 6.45) is 0. The summed E-state index contributed by atoms with van der Waals surface area (Å²) >= 11 is -2.00. The first-order valence-corrected chi connectivity index (χ1v) is 3.70. The molecule has 0 N–H and O–H groups in total. The molecule has 0 amide bonds. The average Bonchev–Trinajstić information content (AvgIpc) is 1.30. The Morgan fingerprint density at radius 1 is 1.50 bits per heavy atom. The van der Waals surface area contributed by atoms with Gasteiger partial charge in [0.1, 0.15) is 0 Å². The van der Waals surface area contributed by atoms with Crippen molar-refractivity contribution in [2.45, 2.75) is 0 Å². The largest absolute Gasteiger partial charge is 2.00 e. The number of hydrogen-bond donors (Lipinski definition) is 0. The summed E-state index contributed by atoms with van der Waals surface area (Å²) in [5.41, 5.74) is 0. The van der Waals surface area contributed by atoms with Crippen molar-refractivity contribution in [1.29, 1.82) is 0 Å². The fourth-order valence-electron chi connectivity index (χ4n) is 0.0408. The minimum atomic E-state index is -4.94. The molecule has 8 heavy (non-hydrogen) atoms. The van der Waals surface area contributed by atoms with Gasteiger partial charge in [0, 0.05) is 0 Å². The first-order chi connectivity index (χ1) is 3.06. The first kappa shape index (κ1) is 11.9. The molecule has 0 rings (SSSR count). The van der Waals surface area contributed by atoms with Gasteiger partial charge in [-0.2, -0.15) is 0 Å². The molecule has 0 aliphatic heterocycles. The van der Waals surface area contributed by atoms with E-state index in [9.17, 15) is 18.0 Å². The summed E-state index contributed by atoms with van der Waals surface area (Å²) in [4.78, 5) is 18.6. The maximum Gasteiger partial charge on any atom is 2.00 e. The zero-order valence-electron chi connectivity index (χ0n) is 3.64. The van der Waals surface area contributed by atoms with Crippen molar-refractivity contribution in [3.63, 3.8) is 0 Å². The van der Waals surface area contributed by atoms with Gasteiger partial charge >= 0.3 is 65.4 Å². The molecule has 0 heterocycles. The molecule has 0 saturated carbocycles. The molecule has 0 saturated heterocycles. The molecule has 0 spiro atoms. The normalized spacial score (nSPS) is 9.75. The smallest absolute Gasteiger partial charge is 2.00 e. The van der Waals surface area contributed by atoms with E-state index in [0.29, 0.717) is 0 Å². The van der Waals surface area contributed by atoms with Gasteiger partial charge in [0.2, 0.25) is 0 Å². The van der Waals surface area contributed by atoms with E-state index in [1.54, 1.807) is 0 Å². The second-order valence-corrected chi connectivity index (χ2v) is 2.66. The van der Waals surface area contributed by atoms with E-state index in [4.69, 9.17) is 0 Å². The number of phosphoric acid groups is 1. The van der Waals surface area contributed by atoms with Crippen LogP contribution in [0, 0.1) is 0 Å². The van der Waals surface area contributed by atoms with Crippen LogP contribution in [-0.2, 0) is 47.8 Å². The van der Waals surface area contributed by atoms with E-state index < -0.39 is 24.4 Å². The van der Waals surface area contributed by atoms with E-state index in [-0.39, 0.29) is 19.5 Å². The minimum absolute atomic E-state index is 0. The van der Waals surface area contributed by atoms with Crippen LogP contribution in [-0.4, -0.2) is 0 Å². The van der Waals surface area contributed by atoms with Crippen molar-refractivity contribution in [1.82, 2.24) is 0 Å². The van der Waals surface area contributed by atoms with Crippen LogP contribution in [0.1, 0.15) is 0 Å². The fourth-order valence-corrected chi connectivity index (χ4v) is 0.505. The van der Waals surface area contributed by atoms with Crippen LogP contribution in [0.5, 0.6) is 0 Å². The maximum absolute atomic E-state index is 9.30. The van der Waals surface area contributed by atoms with Crippen LogP contribution in [0.15, 0.2) is 0 Å². The average molecular weight is 227 g/mol. The summed E-state index contributed by atoms with van der Waals surface area (Å²) in [6, 6.07) is 0. The van der Waals surface area contributed by atoms with Gasteiger partial charge in [-0.15, -0.1) is 0 Å². The molecule has 0 radical (unpaired) electrons. The molecule has 5 nitrogen and oxygen atoms in total. The second-order valence-electron chi connectivity index (χ2n) is 0.603. The number of rotatable bonds is 2. The molecular weight excluding hydrogens is 227 g/mol. The third kappa shape index (κ3) is 10.2. The van der Waals surface area contributed by atoms with Crippen molar-refractivity contribution in [2.24, 2.45) is 0 Å². The zero-order valence-corrected chi connectivity index (χ0v) is 8.90. The van der Waals surface area contributed by atoms with Gasteiger partial charge < -0.3 is 0 Å². The summed E-state index contributed by atoms with van der Waals surface area (Å²) < 4.78 is 21.8. The van der Waals surface area contributed by atoms with Gasteiger partial charge in [-0.25, -0.2) is 0 Å². The van der Waals surface area contributed by atoms with Gasteiger partial charge in [-0.3, -0.25) is 0 Å². The van der Waals surface area contributed by atoms with Gasteiger partial charge in [-0.1, -0.05) is 0 Å². The Balaban J connectivity index is 0. The molecular formula is O5PVZn. The van der Waals surface area contributed by atoms with Crippen LogP contribution in [0.4, 0.5) is 0 Å². The number of hydrogen-bond acceptors (Lipinski definition) is 5. The van der Waals surface area contributed by atoms with Crippen LogP contribution in [0.25, 0.3) is 0 Å². The predicted octanol–water partition coefficient (Wildman–Crippen LogP) is -1.83. The molecule has 0 atom stereocenters. The Labute approximate surface area is 65.5 Å². The Bertz CT molecular complexity index is 105. The van der Waals surface area contributed by atoms with Gasteiger partial charge in [0.25, 0.3) is 0 Å². The Morgan fingerprint density at radius 3 is 1.88 bits per heavy atom. The standard InChI is InChI=1S/H3O4P.O.V.Zn/c1-5(2,3)4;;;/h(H3,1,2,3,4);;;/q;;+1;+2/p-3. The maximum atomic E-state index is 9.30. The quantitative estimate of drug-likeness (QED) is 0.409. The molecule has 0 aliphatic rings. The molecule has 0 aliphatic carbocycles. The molecule has 0 aromatic carbocycles. The third-order valence-electron chi connectivity index (χ3n) is 0.133. The summed E-state index contributed by atoms with van der Waals surface area (Å²) in [6.45, 7) is 0. The van der Waals surface area contributed by atoms with Crippen LogP contribution in [0.3, 0.4) is 0 Å². The van der Waals surface area contributed by atoms with Gasteiger partial charge in [0.15, 0.2) is 0 Å². The summed E-state index contributed by atoms with van der Waals surface area (Å²) in [5, 5.41) is 0. The molecule has 0 unspecified atom stereocenters. The molecule has 8 heteroatoms. The van der Waals surface area contributed by atoms with Crippen molar-refractivity contribution in [3.05, 3.63) is 0 Å². The van der Waals surface area contributed by atoms with E-state index in [0.717, 1.165) is 0 Å². The van der Waals surface area contributed by atoms with Gasteiger partial charge in [-0.05, 0) is 0 Å². The van der Waals surface area contributed by atoms with Crippen molar-refractivity contribution >= 4 is 7.82 Å². The SMILES string of the molecule is [O]=[V][O]P(=O)([O-])[O-].[Zn+2]. The van der Waals surface area contributed by atoms with Crippen molar-refractivity contribution < 1.29 is 57.5 Å². The molecule has 42 valence electrons. The van der Waals surface area contributed by atoms with Crippen LogP contribution >= 0.6 is 7.82 Å². The second kappa shape index (κ2) is 4.95. The predicted molar refractivity (Wildman–Crippen MR) is 9.38 cm³/mol. The van der Waals surface area contributed by atoms with Gasteiger partial charge in [0.05, 0.1) is 0 Å². The zero-order chi connectivity index (χ0) is 5.91. The van der Waals surface area contributed by atoms with Crippen LogP contribution < -0.4 is 9.79 Å². The van der Waals surface area contributed by atoms with E-state index >= 15 is 0 Å². The fraction of sp³-hybridized carbons (Fsp3) is 0.